The zero-order valence-corrected chi connectivity index (χ0v) is 12.9. The van der Waals surface area contributed by atoms with E-state index in [0.717, 1.165) is 16.2 Å². The number of carbonyl (C=O) groups excluding carboxylic acids is 2. The van der Waals surface area contributed by atoms with Gasteiger partial charge >= 0.3 is 5.97 Å². The summed E-state index contributed by atoms with van der Waals surface area (Å²) in [5, 5.41) is 12.3. The first-order chi connectivity index (χ1) is 11.0. The summed E-state index contributed by atoms with van der Waals surface area (Å²) in [7, 11) is 1.50. The molecule has 2 atom stereocenters. The molecule has 0 aromatic heterocycles. The highest BCUT2D eigenvalue weighted by Gasteiger charge is 2.31. The Balaban J connectivity index is 1.69. The molecule has 1 aromatic rings. The molecule has 0 radical (unpaired) electrons. The van der Waals surface area contributed by atoms with E-state index in [1.807, 2.05) is 24.3 Å². The van der Waals surface area contributed by atoms with Crippen LogP contribution in [0.3, 0.4) is 0 Å². The number of hydrogen-bond donors (Lipinski definition) is 2. The van der Waals surface area contributed by atoms with E-state index >= 15 is 0 Å². The van der Waals surface area contributed by atoms with Crippen LogP contribution in [0, 0.1) is 5.92 Å². The number of nitrogens with one attached hydrogen (secondary N) is 1. The van der Waals surface area contributed by atoms with E-state index in [0.29, 0.717) is 13.0 Å². The number of aliphatic carboxylic acids is 1. The molecule has 7 nitrogen and oxygen atoms in total. The molecule has 122 valence electrons. The van der Waals surface area contributed by atoms with Gasteiger partial charge < -0.3 is 15.3 Å². The number of benzene rings is 1. The van der Waals surface area contributed by atoms with Gasteiger partial charge in [-0.2, -0.15) is 0 Å². The summed E-state index contributed by atoms with van der Waals surface area (Å²) in [6, 6.07) is 7.61. The maximum Gasteiger partial charge on any atom is 0.307 e. The van der Waals surface area contributed by atoms with Gasteiger partial charge in [0.1, 0.15) is 0 Å². The van der Waals surface area contributed by atoms with Gasteiger partial charge in [-0.15, -0.1) is 0 Å². The average Bonchev–Trinajstić information content (AvgIpc) is 3.02. The number of nitrogens with zero attached hydrogens (tertiary/aromatic N) is 2. The minimum absolute atomic E-state index is 0.0286. The lowest BCUT2D eigenvalue weighted by Crippen LogP contribution is -2.52. The summed E-state index contributed by atoms with van der Waals surface area (Å²) in [6.45, 7) is 0.845. The number of anilines is 1. The fourth-order valence-electron chi connectivity index (χ4n) is 3.01. The number of hydrogen-bond acceptors (Lipinski definition) is 5. The van der Waals surface area contributed by atoms with Gasteiger partial charge in [-0.1, -0.05) is 12.1 Å². The summed E-state index contributed by atoms with van der Waals surface area (Å²) in [6.07, 6.45) is 0.570. The minimum atomic E-state index is -0.772. The van der Waals surface area contributed by atoms with Crippen LogP contribution in [0.25, 0.3) is 0 Å². The number of carboxylic acid groups (broad SMARTS) is 1. The summed E-state index contributed by atoms with van der Waals surface area (Å²) in [5.74, 6) is -1.56. The van der Waals surface area contributed by atoms with Gasteiger partial charge in [-0.05, 0) is 24.1 Å². The average molecular weight is 317 g/mol. The lowest BCUT2D eigenvalue weighted by molar-refractivity contribution is -0.144. The number of carboxylic acids is 1. The van der Waals surface area contributed by atoms with Gasteiger partial charge in [0.15, 0.2) is 0 Å². The van der Waals surface area contributed by atoms with Gasteiger partial charge in [-0.25, -0.2) is 0 Å². The normalized spacial score (nSPS) is 25.1. The van der Waals surface area contributed by atoms with Crippen molar-refractivity contribution >= 4 is 23.5 Å². The van der Waals surface area contributed by atoms with Crippen LogP contribution >= 0.6 is 0 Å². The second-order valence-corrected chi connectivity index (χ2v) is 6.03. The summed E-state index contributed by atoms with van der Waals surface area (Å²) >= 11 is 0. The van der Waals surface area contributed by atoms with Crippen molar-refractivity contribution < 1.29 is 19.5 Å². The molecule has 2 amide bonds. The SMILES string of the molecule is CN1C(=O)CN(c2ccc(C3CC(C(=O)O)CN3)cc2)CC1=O. The minimum Gasteiger partial charge on any atom is -0.481 e. The van der Waals surface area contributed by atoms with Crippen LogP contribution in [0.2, 0.25) is 0 Å². The second-order valence-electron chi connectivity index (χ2n) is 6.03. The molecule has 1 aromatic carbocycles. The Labute approximate surface area is 133 Å². The fraction of sp³-hybridized carbons (Fsp3) is 0.438. The fourth-order valence-corrected chi connectivity index (χ4v) is 3.01. The first kappa shape index (κ1) is 15.5. The zero-order chi connectivity index (χ0) is 16.6. The molecule has 2 unspecified atom stereocenters. The first-order valence-corrected chi connectivity index (χ1v) is 7.56. The number of amides is 2. The number of likely N-dealkylation sites (N-methyl/N-ethyl adjacent to an activating group) is 1. The van der Waals surface area contributed by atoms with Gasteiger partial charge in [0.05, 0.1) is 19.0 Å². The molecule has 0 aliphatic carbocycles. The van der Waals surface area contributed by atoms with E-state index in [2.05, 4.69) is 5.32 Å². The first-order valence-electron chi connectivity index (χ1n) is 7.56. The monoisotopic (exact) mass is 317 g/mol. The van der Waals surface area contributed by atoms with Crippen LogP contribution in [0.5, 0.6) is 0 Å². The van der Waals surface area contributed by atoms with E-state index in [1.54, 1.807) is 4.90 Å². The Morgan fingerprint density at radius 3 is 2.30 bits per heavy atom. The highest BCUT2D eigenvalue weighted by atomic mass is 16.4. The molecule has 23 heavy (non-hydrogen) atoms. The van der Waals surface area contributed by atoms with E-state index in [9.17, 15) is 14.4 Å². The predicted octanol–water partition coefficient (Wildman–Crippen LogP) is 0.227. The van der Waals surface area contributed by atoms with Crippen LogP contribution < -0.4 is 10.2 Å². The Kier molecular flexibility index (Phi) is 4.04. The third-order valence-corrected chi connectivity index (χ3v) is 4.54. The molecule has 2 aliphatic heterocycles. The Morgan fingerprint density at radius 2 is 1.78 bits per heavy atom. The Morgan fingerprint density at radius 1 is 1.17 bits per heavy atom. The van der Waals surface area contributed by atoms with Crippen molar-refractivity contribution in [3.05, 3.63) is 29.8 Å². The largest absolute Gasteiger partial charge is 0.481 e. The van der Waals surface area contributed by atoms with Crippen LogP contribution in [0.1, 0.15) is 18.0 Å². The van der Waals surface area contributed by atoms with Crippen molar-refractivity contribution in [1.29, 1.82) is 0 Å². The van der Waals surface area contributed by atoms with Crippen LogP contribution in [-0.4, -0.2) is 54.5 Å². The lowest BCUT2D eigenvalue weighted by atomic mass is 10.00. The maximum absolute atomic E-state index is 11.8. The summed E-state index contributed by atoms with van der Waals surface area (Å²) in [5.41, 5.74) is 1.83. The third kappa shape index (κ3) is 3.05. The van der Waals surface area contributed by atoms with Crippen molar-refractivity contribution in [2.75, 3.05) is 31.6 Å². The molecular weight excluding hydrogens is 298 g/mol. The molecule has 0 bridgehead atoms. The molecule has 2 fully saturated rings. The summed E-state index contributed by atoms with van der Waals surface area (Å²) < 4.78 is 0. The molecule has 3 rings (SSSR count). The predicted molar refractivity (Wildman–Crippen MR) is 82.9 cm³/mol. The molecule has 2 saturated heterocycles. The Bertz CT molecular complexity index is 625. The highest BCUT2D eigenvalue weighted by molar-refractivity contribution is 6.02. The van der Waals surface area contributed by atoms with Crippen molar-refractivity contribution in [3.63, 3.8) is 0 Å². The van der Waals surface area contributed by atoms with Crippen molar-refractivity contribution in [1.82, 2.24) is 10.2 Å². The lowest BCUT2D eigenvalue weighted by Gasteiger charge is -2.32. The molecule has 2 aliphatic rings. The smallest absolute Gasteiger partial charge is 0.307 e. The Hall–Kier alpha value is -2.41. The van der Waals surface area contributed by atoms with Gasteiger partial charge in [0, 0.05) is 25.3 Å². The second kappa shape index (κ2) is 6.00. The number of rotatable bonds is 3. The van der Waals surface area contributed by atoms with E-state index in [-0.39, 0.29) is 36.9 Å². The van der Waals surface area contributed by atoms with Crippen molar-refractivity contribution in [3.8, 4) is 0 Å². The summed E-state index contributed by atoms with van der Waals surface area (Å²) in [4.78, 5) is 37.4. The zero-order valence-electron chi connectivity index (χ0n) is 12.9. The number of piperazine rings is 1. The van der Waals surface area contributed by atoms with Crippen LogP contribution in [0.15, 0.2) is 24.3 Å². The van der Waals surface area contributed by atoms with Crippen LogP contribution in [0.4, 0.5) is 5.69 Å². The van der Waals surface area contributed by atoms with Gasteiger partial charge in [0.25, 0.3) is 0 Å². The van der Waals surface area contributed by atoms with Crippen molar-refractivity contribution in [2.24, 2.45) is 5.92 Å². The number of imide groups is 1. The molecular formula is C16H19N3O4. The maximum atomic E-state index is 11.8. The molecule has 7 heteroatoms. The molecule has 2 heterocycles. The van der Waals surface area contributed by atoms with Gasteiger partial charge in [-0.3, -0.25) is 19.3 Å². The molecule has 0 saturated carbocycles. The van der Waals surface area contributed by atoms with Crippen LogP contribution in [-0.2, 0) is 14.4 Å². The van der Waals surface area contributed by atoms with E-state index in [4.69, 9.17) is 5.11 Å². The standard InChI is InChI=1S/C16H19N3O4/c1-18-14(20)8-19(9-15(18)21)12-4-2-10(3-5-12)13-6-11(7-17-13)16(22)23/h2-5,11,13,17H,6-9H2,1H3,(H,22,23). The van der Waals surface area contributed by atoms with Gasteiger partial charge in [0.2, 0.25) is 11.8 Å². The number of carbonyl (C=O) groups is 3. The van der Waals surface area contributed by atoms with E-state index in [1.165, 1.54) is 7.05 Å². The topological polar surface area (TPSA) is 90.0 Å². The quantitative estimate of drug-likeness (QED) is 0.776. The highest BCUT2D eigenvalue weighted by Crippen LogP contribution is 2.29. The molecule has 2 N–H and O–H groups in total. The third-order valence-electron chi connectivity index (χ3n) is 4.54. The van der Waals surface area contributed by atoms with Crippen molar-refractivity contribution in [2.45, 2.75) is 12.5 Å². The molecule has 0 spiro atoms. The van der Waals surface area contributed by atoms with E-state index < -0.39 is 5.97 Å².